The monoisotopic (exact) mass is 304 g/mol. The van der Waals surface area contributed by atoms with Crippen LogP contribution in [0.25, 0.3) is 10.2 Å². The lowest BCUT2D eigenvalue weighted by atomic mass is 9.85. The molecule has 0 spiro atoms. The third-order valence-electron chi connectivity index (χ3n) is 3.61. The Labute approximate surface area is 126 Å². The molecule has 1 aliphatic rings. The van der Waals surface area contributed by atoms with Gasteiger partial charge in [0.25, 0.3) is 0 Å². The third-order valence-corrected chi connectivity index (χ3v) is 4.54. The minimum absolute atomic E-state index is 0.0472. The van der Waals surface area contributed by atoms with Crippen LogP contribution in [0.15, 0.2) is 18.2 Å². The second kappa shape index (κ2) is 5.81. The molecule has 1 heterocycles. The highest BCUT2D eigenvalue weighted by Gasteiger charge is 2.25. The smallest absolute Gasteiger partial charge is 0.338 e. The predicted octanol–water partition coefficient (Wildman–Crippen LogP) is 3.21. The molecule has 1 aromatic carbocycles. The molecule has 2 aromatic rings. The van der Waals surface area contributed by atoms with E-state index in [-0.39, 0.29) is 17.8 Å². The highest BCUT2D eigenvalue weighted by atomic mass is 32.1. The fraction of sp³-hybridized carbons (Fsp3) is 0.400. The minimum Gasteiger partial charge on any atom is -0.462 e. The van der Waals surface area contributed by atoms with Crippen LogP contribution in [0.2, 0.25) is 0 Å². The first kappa shape index (κ1) is 14.0. The first-order chi connectivity index (χ1) is 10.2. The molecule has 21 heavy (non-hydrogen) atoms. The summed E-state index contributed by atoms with van der Waals surface area (Å²) in [5.74, 6) is -0.161. The van der Waals surface area contributed by atoms with E-state index in [0.717, 1.165) is 29.5 Å². The number of fused-ring (bicyclic) bond motifs is 1. The summed E-state index contributed by atoms with van der Waals surface area (Å²) in [6.45, 7) is 2.12. The Balaban J connectivity index is 1.79. The van der Waals surface area contributed by atoms with Crippen molar-refractivity contribution in [3.05, 3.63) is 23.8 Å². The summed E-state index contributed by atoms with van der Waals surface area (Å²) in [6.07, 6.45) is 3.05. The Morgan fingerprint density at radius 1 is 1.43 bits per heavy atom. The second-order valence-electron chi connectivity index (χ2n) is 5.04. The number of aromatic nitrogens is 1. The van der Waals surface area contributed by atoms with Crippen molar-refractivity contribution in [3.8, 4) is 0 Å². The summed E-state index contributed by atoms with van der Waals surface area (Å²) in [5, 5.41) is 3.45. The van der Waals surface area contributed by atoms with Gasteiger partial charge in [0.1, 0.15) is 0 Å². The number of carbonyl (C=O) groups is 2. The van der Waals surface area contributed by atoms with Crippen LogP contribution < -0.4 is 5.32 Å². The van der Waals surface area contributed by atoms with Crippen LogP contribution in [0.3, 0.4) is 0 Å². The topological polar surface area (TPSA) is 68.3 Å². The van der Waals surface area contributed by atoms with E-state index in [1.165, 1.54) is 11.3 Å². The minimum atomic E-state index is -0.340. The number of nitrogens with zero attached hydrogens (tertiary/aromatic N) is 1. The molecule has 0 unspecified atom stereocenters. The zero-order chi connectivity index (χ0) is 14.8. The zero-order valence-corrected chi connectivity index (χ0v) is 12.5. The van der Waals surface area contributed by atoms with Crippen LogP contribution in [-0.2, 0) is 9.53 Å². The molecule has 1 saturated carbocycles. The van der Waals surface area contributed by atoms with Crippen molar-refractivity contribution in [2.45, 2.75) is 26.2 Å². The molecular weight excluding hydrogens is 288 g/mol. The fourth-order valence-corrected chi connectivity index (χ4v) is 3.11. The molecule has 0 atom stereocenters. The Hall–Kier alpha value is -1.95. The van der Waals surface area contributed by atoms with Crippen molar-refractivity contribution in [3.63, 3.8) is 0 Å². The summed E-state index contributed by atoms with van der Waals surface area (Å²) in [4.78, 5) is 28.0. The maximum atomic E-state index is 11.9. The van der Waals surface area contributed by atoms with Gasteiger partial charge in [-0.3, -0.25) is 4.79 Å². The molecule has 0 saturated heterocycles. The highest BCUT2D eigenvalue weighted by Crippen LogP contribution is 2.30. The van der Waals surface area contributed by atoms with Crippen molar-refractivity contribution < 1.29 is 14.3 Å². The fourth-order valence-electron chi connectivity index (χ4n) is 2.20. The van der Waals surface area contributed by atoms with Gasteiger partial charge in [-0.1, -0.05) is 17.8 Å². The van der Waals surface area contributed by atoms with Gasteiger partial charge >= 0.3 is 5.97 Å². The number of nitrogens with one attached hydrogen (secondary N) is 1. The number of carbonyl (C=O) groups excluding carboxylic acids is 2. The van der Waals surface area contributed by atoms with Gasteiger partial charge in [-0.05, 0) is 38.0 Å². The Morgan fingerprint density at radius 3 is 2.90 bits per heavy atom. The third kappa shape index (κ3) is 2.90. The number of amides is 1. The summed E-state index contributed by atoms with van der Waals surface area (Å²) < 4.78 is 5.84. The van der Waals surface area contributed by atoms with Gasteiger partial charge in [0.2, 0.25) is 5.91 Å². The van der Waals surface area contributed by atoms with Gasteiger partial charge in [-0.2, -0.15) is 0 Å². The van der Waals surface area contributed by atoms with E-state index in [0.29, 0.717) is 17.3 Å². The van der Waals surface area contributed by atoms with E-state index >= 15 is 0 Å². The molecule has 5 nitrogen and oxygen atoms in total. The second-order valence-corrected chi connectivity index (χ2v) is 6.07. The van der Waals surface area contributed by atoms with Gasteiger partial charge in [-0.15, -0.1) is 0 Å². The number of anilines is 1. The first-order valence-electron chi connectivity index (χ1n) is 7.06. The summed E-state index contributed by atoms with van der Waals surface area (Å²) in [6, 6.07) is 5.22. The van der Waals surface area contributed by atoms with Gasteiger partial charge in [0, 0.05) is 5.92 Å². The number of ether oxygens (including phenoxy) is 1. The lowest BCUT2D eigenvalue weighted by molar-refractivity contribution is -0.122. The van der Waals surface area contributed by atoms with Crippen LogP contribution in [0.5, 0.6) is 0 Å². The molecule has 110 valence electrons. The van der Waals surface area contributed by atoms with Crippen molar-refractivity contribution in [1.29, 1.82) is 0 Å². The van der Waals surface area contributed by atoms with E-state index in [1.807, 2.05) is 0 Å². The van der Waals surface area contributed by atoms with E-state index in [9.17, 15) is 9.59 Å². The predicted molar refractivity (Wildman–Crippen MR) is 81.5 cm³/mol. The van der Waals surface area contributed by atoms with Gasteiger partial charge in [0.15, 0.2) is 5.13 Å². The molecule has 0 aliphatic heterocycles. The van der Waals surface area contributed by atoms with Gasteiger partial charge in [-0.25, -0.2) is 9.78 Å². The molecule has 6 heteroatoms. The Morgan fingerprint density at radius 2 is 2.24 bits per heavy atom. The van der Waals surface area contributed by atoms with E-state index < -0.39 is 0 Å². The summed E-state index contributed by atoms with van der Waals surface area (Å²) in [5.41, 5.74) is 1.28. The van der Waals surface area contributed by atoms with E-state index in [2.05, 4.69) is 10.3 Å². The van der Waals surface area contributed by atoms with Crippen LogP contribution >= 0.6 is 11.3 Å². The normalized spacial score (nSPS) is 14.7. The van der Waals surface area contributed by atoms with E-state index in [1.54, 1.807) is 25.1 Å². The van der Waals surface area contributed by atoms with Crippen LogP contribution in [-0.4, -0.2) is 23.5 Å². The average Bonchev–Trinajstić information content (AvgIpc) is 2.77. The molecule has 0 bridgehead atoms. The Kier molecular flexibility index (Phi) is 3.88. The molecular formula is C15H16N2O3S. The number of hydrogen-bond donors (Lipinski definition) is 1. The quantitative estimate of drug-likeness (QED) is 0.881. The largest absolute Gasteiger partial charge is 0.462 e. The molecule has 1 fully saturated rings. The standard InChI is InChI=1S/C15H16N2O3S/c1-2-20-14(19)10-6-7-11-12(8-10)21-15(16-11)17-13(18)9-4-3-5-9/h6-9H,2-5H2,1H3,(H,16,17,18). The zero-order valence-electron chi connectivity index (χ0n) is 11.7. The number of esters is 1. The van der Waals surface area contributed by atoms with Crippen molar-refractivity contribution in [2.24, 2.45) is 5.92 Å². The van der Waals surface area contributed by atoms with Crippen molar-refractivity contribution >= 4 is 38.6 Å². The van der Waals surface area contributed by atoms with Crippen LogP contribution in [0.1, 0.15) is 36.5 Å². The summed E-state index contributed by atoms with van der Waals surface area (Å²) >= 11 is 1.38. The SMILES string of the molecule is CCOC(=O)c1ccc2nc(NC(=O)C3CCC3)sc2c1. The van der Waals surface area contributed by atoms with Crippen molar-refractivity contribution in [1.82, 2.24) is 4.98 Å². The number of benzene rings is 1. The number of hydrogen-bond acceptors (Lipinski definition) is 5. The lowest BCUT2D eigenvalue weighted by Gasteiger charge is -2.23. The molecule has 1 aliphatic carbocycles. The molecule has 3 rings (SSSR count). The van der Waals surface area contributed by atoms with Crippen LogP contribution in [0.4, 0.5) is 5.13 Å². The maximum absolute atomic E-state index is 11.9. The lowest BCUT2D eigenvalue weighted by Crippen LogP contribution is -2.27. The van der Waals surface area contributed by atoms with Crippen molar-refractivity contribution in [2.75, 3.05) is 11.9 Å². The van der Waals surface area contributed by atoms with Gasteiger partial charge in [0.05, 0.1) is 22.4 Å². The number of rotatable bonds is 4. The highest BCUT2D eigenvalue weighted by molar-refractivity contribution is 7.22. The Bertz CT molecular complexity index is 691. The molecule has 1 amide bonds. The number of thiazole rings is 1. The first-order valence-corrected chi connectivity index (χ1v) is 7.87. The van der Waals surface area contributed by atoms with Crippen LogP contribution in [0, 0.1) is 5.92 Å². The molecule has 1 aromatic heterocycles. The molecule has 1 N–H and O–H groups in total. The van der Waals surface area contributed by atoms with E-state index in [4.69, 9.17) is 4.74 Å². The maximum Gasteiger partial charge on any atom is 0.338 e. The average molecular weight is 304 g/mol. The molecule has 0 radical (unpaired) electrons. The van der Waals surface area contributed by atoms with Gasteiger partial charge < -0.3 is 10.1 Å². The summed E-state index contributed by atoms with van der Waals surface area (Å²) in [7, 11) is 0.